The lowest BCUT2D eigenvalue weighted by Crippen LogP contribution is -2.72. The number of ether oxygens (including phenoxy) is 1. The van der Waals surface area contributed by atoms with E-state index in [1.165, 1.54) is 22.7 Å². The molecule has 1 fully saturated rings. The zero-order chi connectivity index (χ0) is 26.6. The van der Waals surface area contributed by atoms with Crippen molar-refractivity contribution < 1.29 is 23.9 Å². The third kappa shape index (κ3) is 7.04. The summed E-state index contributed by atoms with van der Waals surface area (Å²) in [5, 5.41) is 10.7. The zero-order valence-electron chi connectivity index (χ0n) is 21.8. The molecule has 1 aliphatic heterocycles. The summed E-state index contributed by atoms with van der Waals surface area (Å²) in [6.07, 6.45) is -0.672. The van der Waals surface area contributed by atoms with Gasteiger partial charge in [0.05, 0.1) is 22.3 Å². The van der Waals surface area contributed by atoms with Gasteiger partial charge in [0.25, 0.3) is 0 Å². The monoisotopic (exact) mass is 537 g/mol. The molecule has 9 heteroatoms. The number of benzene rings is 1. The second kappa shape index (κ2) is 12.1. The first-order chi connectivity index (χ1) is 16.2. The van der Waals surface area contributed by atoms with Crippen molar-refractivity contribution in [3.05, 3.63) is 48.6 Å². The number of amides is 1. The second-order valence-electron chi connectivity index (χ2n) is 10.5. The van der Waals surface area contributed by atoms with Crippen LogP contribution in [0.4, 0.5) is 0 Å². The van der Waals surface area contributed by atoms with Crippen LogP contribution < -0.4 is 0 Å². The SMILES string of the molecule is C=CCOC(=O)[C@@H](O)N1C(=O)[C@H]([C@@H](C)O[Si](C)(C)C(C)(C)C)[C@H]1[C@@H](C)C(=S)SCc1ccccc1. The summed E-state index contributed by atoms with van der Waals surface area (Å²) in [4.78, 5) is 26.9. The quantitative estimate of drug-likeness (QED) is 0.137. The molecule has 2 rings (SSSR count). The largest absolute Gasteiger partial charge is 0.458 e. The Balaban J connectivity index is 2.26. The Morgan fingerprint density at radius 1 is 1.29 bits per heavy atom. The molecular weight excluding hydrogens is 499 g/mol. The maximum Gasteiger partial charge on any atom is 0.356 e. The van der Waals surface area contributed by atoms with Crippen molar-refractivity contribution in [2.45, 2.75) is 76.9 Å². The molecule has 1 aromatic carbocycles. The molecule has 1 aromatic rings. The van der Waals surface area contributed by atoms with E-state index in [-0.39, 0.29) is 29.6 Å². The van der Waals surface area contributed by atoms with Crippen molar-refractivity contribution in [3.8, 4) is 0 Å². The first kappa shape index (κ1) is 29.7. The molecular formula is C26H39NO5S2Si. The van der Waals surface area contributed by atoms with E-state index >= 15 is 0 Å². The van der Waals surface area contributed by atoms with Gasteiger partial charge in [-0.15, -0.1) is 11.8 Å². The van der Waals surface area contributed by atoms with Crippen molar-refractivity contribution in [2.24, 2.45) is 11.8 Å². The number of esters is 1. The highest BCUT2D eigenvalue weighted by molar-refractivity contribution is 8.22. The van der Waals surface area contributed by atoms with Crippen LogP contribution in [0.25, 0.3) is 0 Å². The summed E-state index contributed by atoms with van der Waals surface area (Å²) in [5.41, 5.74) is 1.15. The standard InChI is InChI=1S/C26H39NO5S2Si/c1-9-15-31-24(30)23(29)27-21(17(2)25(33)34-16-19-13-11-10-12-14-19)20(22(27)28)18(3)32-35(7,8)26(4,5)6/h9-14,17-18,20-21,23,29H,1,15-16H2,2-8H3/t17-,18-,20-,21-,23-/m1/s1. The summed E-state index contributed by atoms with van der Waals surface area (Å²) in [6, 6.07) is 9.53. The number of rotatable bonds is 11. The Morgan fingerprint density at radius 3 is 2.43 bits per heavy atom. The van der Waals surface area contributed by atoms with Crippen molar-refractivity contribution in [1.29, 1.82) is 0 Å². The third-order valence-corrected chi connectivity index (χ3v) is 13.4. The molecule has 0 saturated carbocycles. The number of hydrogen-bond acceptors (Lipinski definition) is 7. The molecule has 35 heavy (non-hydrogen) atoms. The minimum absolute atomic E-state index is 0.0241. The highest BCUT2D eigenvalue weighted by atomic mass is 32.2. The third-order valence-electron chi connectivity index (χ3n) is 6.95. The molecule has 1 saturated heterocycles. The van der Waals surface area contributed by atoms with E-state index in [9.17, 15) is 14.7 Å². The van der Waals surface area contributed by atoms with Gasteiger partial charge in [-0.1, -0.05) is 82.9 Å². The van der Waals surface area contributed by atoms with Crippen LogP contribution in [0.3, 0.4) is 0 Å². The topological polar surface area (TPSA) is 76.1 Å². The molecule has 0 aromatic heterocycles. The second-order valence-corrected chi connectivity index (χ2v) is 17.0. The average molecular weight is 538 g/mol. The molecule has 1 heterocycles. The smallest absolute Gasteiger partial charge is 0.356 e. The molecule has 1 N–H and O–H groups in total. The molecule has 6 nitrogen and oxygen atoms in total. The molecule has 0 spiro atoms. The summed E-state index contributed by atoms with van der Waals surface area (Å²) < 4.78 is 12.3. The molecule has 0 radical (unpaired) electrons. The zero-order valence-corrected chi connectivity index (χ0v) is 24.4. The van der Waals surface area contributed by atoms with Gasteiger partial charge < -0.3 is 19.2 Å². The highest BCUT2D eigenvalue weighted by Gasteiger charge is 2.58. The number of likely N-dealkylation sites (tertiary alicyclic amines) is 1. The van der Waals surface area contributed by atoms with E-state index < -0.39 is 32.5 Å². The Bertz CT molecular complexity index is 918. The molecule has 1 aliphatic rings. The Kier molecular flexibility index (Phi) is 10.3. The normalized spacial score (nSPS) is 21.0. The molecule has 1 amide bonds. The van der Waals surface area contributed by atoms with Gasteiger partial charge >= 0.3 is 5.97 Å². The molecule has 194 valence electrons. The maximum atomic E-state index is 13.3. The lowest BCUT2D eigenvalue weighted by molar-refractivity contribution is -0.198. The van der Waals surface area contributed by atoms with E-state index in [0.717, 1.165) is 5.56 Å². The molecule has 0 aliphatic carbocycles. The highest BCUT2D eigenvalue weighted by Crippen LogP contribution is 2.43. The fourth-order valence-electron chi connectivity index (χ4n) is 3.91. The van der Waals surface area contributed by atoms with E-state index in [2.05, 4.69) is 40.4 Å². The van der Waals surface area contributed by atoms with Crippen LogP contribution in [0.2, 0.25) is 18.1 Å². The fourth-order valence-corrected chi connectivity index (χ4v) is 6.56. The first-order valence-corrected chi connectivity index (χ1v) is 16.2. The maximum absolute atomic E-state index is 13.3. The molecule has 0 unspecified atom stereocenters. The number of thiocarbonyl (C=S) groups is 1. The summed E-state index contributed by atoms with van der Waals surface area (Å²) in [5.74, 6) is -1.28. The van der Waals surface area contributed by atoms with E-state index in [1.807, 2.05) is 44.2 Å². The van der Waals surface area contributed by atoms with Gasteiger partial charge in [-0.05, 0) is 30.6 Å². The minimum Gasteiger partial charge on any atom is -0.458 e. The van der Waals surface area contributed by atoms with Crippen molar-refractivity contribution in [3.63, 3.8) is 0 Å². The van der Waals surface area contributed by atoms with Crippen LogP contribution in [-0.4, -0.2) is 59.4 Å². The van der Waals surface area contributed by atoms with E-state index in [4.69, 9.17) is 21.4 Å². The van der Waals surface area contributed by atoms with Crippen molar-refractivity contribution in [1.82, 2.24) is 4.90 Å². The first-order valence-electron chi connectivity index (χ1n) is 11.9. The summed E-state index contributed by atoms with van der Waals surface area (Å²) in [6.45, 7) is 18.1. The van der Waals surface area contributed by atoms with Gasteiger partial charge in [-0.3, -0.25) is 4.79 Å². The van der Waals surface area contributed by atoms with Crippen LogP contribution >= 0.6 is 24.0 Å². The Labute approximate surface area is 220 Å². The summed E-state index contributed by atoms with van der Waals surface area (Å²) in [7, 11) is -2.16. The van der Waals surface area contributed by atoms with Crippen LogP contribution in [0.15, 0.2) is 43.0 Å². The molecule has 0 bridgehead atoms. The minimum atomic E-state index is -2.16. The summed E-state index contributed by atoms with van der Waals surface area (Å²) >= 11 is 7.29. The predicted octanol–water partition coefficient (Wildman–Crippen LogP) is 5.17. The van der Waals surface area contributed by atoms with Crippen molar-refractivity contribution >= 4 is 48.4 Å². The van der Waals surface area contributed by atoms with Crippen LogP contribution in [0, 0.1) is 11.8 Å². The number of carbonyl (C=O) groups excluding carboxylic acids is 2. The van der Waals surface area contributed by atoms with Gasteiger partial charge in [0, 0.05) is 11.7 Å². The van der Waals surface area contributed by atoms with E-state index in [1.54, 1.807) is 0 Å². The lowest BCUT2D eigenvalue weighted by atomic mass is 9.77. The van der Waals surface area contributed by atoms with Gasteiger partial charge in [0.2, 0.25) is 12.1 Å². The predicted molar refractivity (Wildman–Crippen MR) is 149 cm³/mol. The van der Waals surface area contributed by atoms with Gasteiger partial charge in [0.15, 0.2) is 8.32 Å². The Hall–Kier alpha value is -1.52. The number of β-lactam (4-membered cyclic amide) rings is 1. The van der Waals surface area contributed by atoms with Gasteiger partial charge in [0.1, 0.15) is 6.61 Å². The van der Waals surface area contributed by atoms with Crippen LogP contribution in [0.1, 0.15) is 40.2 Å². The lowest BCUT2D eigenvalue weighted by Gasteiger charge is -2.54. The number of nitrogens with zero attached hydrogens (tertiary/aromatic N) is 1. The average Bonchev–Trinajstić information content (AvgIpc) is 2.78. The van der Waals surface area contributed by atoms with Crippen LogP contribution in [0.5, 0.6) is 0 Å². The number of hydrogen-bond donors (Lipinski definition) is 1. The molecule has 5 atom stereocenters. The van der Waals surface area contributed by atoms with Crippen molar-refractivity contribution in [2.75, 3.05) is 6.61 Å². The number of thioether (sulfide) groups is 1. The fraction of sp³-hybridized carbons (Fsp3) is 0.577. The van der Waals surface area contributed by atoms with Gasteiger partial charge in [-0.25, -0.2) is 4.79 Å². The van der Waals surface area contributed by atoms with Gasteiger partial charge in [-0.2, -0.15) is 0 Å². The number of aliphatic hydroxyl groups is 1. The van der Waals surface area contributed by atoms with E-state index in [0.29, 0.717) is 9.95 Å². The number of aliphatic hydroxyl groups excluding tert-OH is 1. The Morgan fingerprint density at radius 2 is 1.89 bits per heavy atom. The van der Waals surface area contributed by atoms with Crippen LogP contribution in [-0.2, 0) is 24.5 Å². The number of carbonyl (C=O) groups is 2.